The van der Waals surface area contributed by atoms with Crippen molar-refractivity contribution in [1.29, 1.82) is 0 Å². The van der Waals surface area contributed by atoms with Gasteiger partial charge in [0.1, 0.15) is 0 Å². The van der Waals surface area contributed by atoms with Gasteiger partial charge in [0.2, 0.25) is 11.7 Å². The van der Waals surface area contributed by atoms with Crippen LogP contribution in [-0.2, 0) is 0 Å². The van der Waals surface area contributed by atoms with Crippen LogP contribution in [0.1, 0.15) is 24.3 Å². The van der Waals surface area contributed by atoms with Crippen molar-refractivity contribution in [2.24, 2.45) is 5.92 Å². The second-order valence-electron chi connectivity index (χ2n) is 4.67. The van der Waals surface area contributed by atoms with Gasteiger partial charge in [-0.05, 0) is 30.3 Å². The number of aromatic nitrogens is 2. The molecule has 0 spiro atoms. The summed E-state index contributed by atoms with van der Waals surface area (Å²) < 4.78 is 5.40. The number of hydrogen-bond acceptors (Lipinski definition) is 5. The van der Waals surface area contributed by atoms with Crippen molar-refractivity contribution in [2.75, 3.05) is 13.1 Å². The highest BCUT2D eigenvalue weighted by atomic mass is 32.1. The highest BCUT2D eigenvalue weighted by Gasteiger charge is 2.29. The van der Waals surface area contributed by atoms with Gasteiger partial charge in [-0.15, -0.1) is 0 Å². The van der Waals surface area contributed by atoms with Crippen molar-refractivity contribution in [1.82, 2.24) is 15.5 Å². The van der Waals surface area contributed by atoms with E-state index in [1.165, 1.54) is 5.56 Å². The molecule has 0 amide bonds. The molecule has 2 aromatic rings. The average Bonchev–Trinajstić information content (AvgIpc) is 2.97. The monoisotopic (exact) mass is 249 g/mol. The normalized spacial score (nSPS) is 24.4. The Balaban J connectivity index is 1.90. The molecule has 1 fully saturated rings. The largest absolute Gasteiger partial charge is 0.339 e. The number of nitrogens with zero attached hydrogens (tertiary/aromatic N) is 2. The fourth-order valence-electron chi connectivity index (χ4n) is 2.23. The minimum Gasteiger partial charge on any atom is -0.339 e. The molecule has 90 valence electrons. The van der Waals surface area contributed by atoms with Crippen molar-refractivity contribution in [3.8, 4) is 11.4 Å². The number of rotatable bonds is 2. The lowest BCUT2D eigenvalue weighted by Crippen LogP contribution is -2.08. The molecule has 1 aliphatic heterocycles. The second-order valence-corrected chi connectivity index (χ2v) is 5.41. The predicted molar refractivity (Wildman–Crippen MR) is 67.1 cm³/mol. The summed E-state index contributed by atoms with van der Waals surface area (Å²) in [4.78, 5) is 4.53. The second kappa shape index (κ2) is 4.23. The average molecular weight is 249 g/mol. The van der Waals surface area contributed by atoms with E-state index in [1.54, 1.807) is 11.3 Å². The Morgan fingerprint density at radius 3 is 2.94 bits per heavy atom. The van der Waals surface area contributed by atoms with E-state index in [9.17, 15) is 0 Å². The zero-order chi connectivity index (χ0) is 11.8. The van der Waals surface area contributed by atoms with Crippen LogP contribution in [0.5, 0.6) is 0 Å². The number of thiophene rings is 1. The van der Waals surface area contributed by atoms with Gasteiger partial charge in [0.25, 0.3) is 0 Å². The Morgan fingerprint density at radius 2 is 2.29 bits per heavy atom. The maximum absolute atomic E-state index is 5.40. The lowest BCUT2D eigenvalue weighted by molar-refractivity contribution is 0.340. The van der Waals surface area contributed by atoms with Crippen molar-refractivity contribution in [3.05, 3.63) is 22.2 Å². The van der Waals surface area contributed by atoms with E-state index in [-0.39, 0.29) is 0 Å². The Kier molecular flexibility index (Phi) is 2.72. The summed E-state index contributed by atoms with van der Waals surface area (Å²) in [6.45, 7) is 6.25. The fraction of sp³-hybridized carbons (Fsp3) is 0.500. The molecule has 2 aromatic heterocycles. The molecule has 0 aliphatic carbocycles. The van der Waals surface area contributed by atoms with E-state index in [0.29, 0.717) is 11.8 Å². The predicted octanol–water partition coefficient (Wildman–Crippen LogP) is 2.43. The topological polar surface area (TPSA) is 51.0 Å². The van der Waals surface area contributed by atoms with E-state index in [1.807, 2.05) is 0 Å². The van der Waals surface area contributed by atoms with Gasteiger partial charge in [0, 0.05) is 17.5 Å². The van der Waals surface area contributed by atoms with Gasteiger partial charge in [-0.1, -0.05) is 12.1 Å². The molecule has 3 rings (SSSR count). The van der Waals surface area contributed by atoms with Crippen LogP contribution in [0.2, 0.25) is 0 Å². The summed E-state index contributed by atoms with van der Waals surface area (Å²) >= 11 is 1.67. The fourth-order valence-corrected chi connectivity index (χ4v) is 3.05. The van der Waals surface area contributed by atoms with Crippen molar-refractivity contribution in [3.63, 3.8) is 0 Å². The van der Waals surface area contributed by atoms with Gasteiger partial charge >= 0.3 is 0 Å². The van der Waals surface area contributed by atoms with E-state index in [0.717, 1.165) is 30.4 Å². The summed E-state index contributed by atoms with van der Waals surface area (Å²) in [7, 11) is 0. The molecule has 5 heteroatoms. The molecule has 0 saturated carbocycles. The highest BCUT2D eigenvalue weighted by molar-refractivity contribution is 7.08. The molecular weight excluding hydrogens is 234 g/mol. The number of aryl methyl sites for hydroxylation is 1. The van der Waals surface area contributed by atoms with Crippen LogP contribution >= 0.6 is 11.3 Å². The van der Waals surface area contributed by atoms with Crippen LogP contribution in [0.25, 0.3) is 11.4 Å². The van der Waals surface area contributed by atoms with Gasteiger partial charge in [-0.2, -0.15) is 16.3 Å². The van der Waals surface area contributed by atoms with Crippen LogP contribution in [0.3, 0.4) is 0 Å². The van der Waals surface area contributed by atoms with Crippen LogP contribution < -0.4 is 5.32 Å². The van der Waals surface area contributed by atoms with Gasteiger partial charge < -0.3 is 9.84 Å². The van der Waals surface area contributed by atoms with E-state index in [4.69, 9.17) is 4.52 Å². The molecule has 0 unspecified atom stereocenters. The molecule has 0 radical (unpaired) electrons. The number of nitrogens with one attached hydrogen (secondary N) is 1. The van der Waals surface area contributed by atoms with Crippen molar-refractivity contribution in [2.45, 2.75) is 19.8 Å². The van der Waals surface area contributed by atoms with E-state index >= 15 is 0 Å². The third-order valence-corrected chi connectivity index (χ3v) is 4.23. The SMILES string of the molecule is Cc1cscc1-c1noc([C@@H]2CNC[C@H]2C)n1. The third-order valence-electron chi connectivity index (χ3n) is 3.37. The van der Waals surface area contributed by atoms with Crippen LogP contribution in [0, 0.1) is 12.8 Å². The summed E-state index contributed by atoms with van der Waals surface area (Å²) in [5.41, 5.74) is 2.29. The van der Waals surface area contributed by atoms with Crippen LogP contribution in [0.15, 0.2) is 15.3 Å². The first-order valence-electron chi connectivity index (χ1n) is 5.83. The highest BCUT2D eigenvalue weighted by Crippen LogP contribution is 2.29. The Hall–Kier alpha value is -1.20. The van der Waals surface area contributed by atoms with Gasteiger partial charge in [-0.3, -0.25) is 0 Å². The number of hydrogen-bond donors (Lipinski definition) is 1. The van der Waals surface area contributed by atoms with E-state index in [2.05, 4.69) is 40.1 Å². The van der Waals surface area contributed by atoms with Crippen LogP contribution in [0.4, 0.5) is 0 Å². The molecule has 0 aromatic carbocycles. The summed E-state index contributed by atoms with van der Waals surface area (Å²) in [5.74, 6) is 2.41. The summed E-state index contributed by atoms with van der Waals surface area (Å²) in [6.07, 6.45) is 0. The molecule has 1 aliphatic rings. The Labute approximate surface area is 104 Å². The zero-order valence-corrected chi connectivity index (χ0v) is 10.8. The molecule has 1 saturated heterocycles. The molecule has 0 bridgehead atoms. The summed E-state index contributed by atoms with van der Waals surface area (Å²) in [6, 6.07) is 0. The minimum atomic E-state index is 0.357. The van der Waals surface area contributed by atoms with Crippen LogP contribution in [-0.4, -0.2) is 23.2 Å². The molecule has 17 heavy (non-hydrogen) atoms. The maximum Gasteiger partial charge on any atom is 0.231 e. The lowest BCUT2D eigenvalue weighted by Gasteiger charge is -2.07. The van der Waals surface area contributed by atoms with Gasteiger partial charge in [0.05, 0.1) is 5.92 Å². The summed E-state index contributed by atoms with van der Waals surface area (Å²) in [5, 5.41) is 11.6. The molecule has 4 nitrogen and oxygen atoms in total. The minimum absolute atomic E-state index is 0.357. The first kappa shape index (κ1) is 10.9. The Morgan fingerprint density at radius 1 is 1.41 bits per heavy atom. The quantitative estimate of drug-likeness (QED) is 0.888. The van der Waals surface area contributed by atoms with E-state index < -0.39 is 0 Å². The Bertz CT molecular complexity index is 519. The standard InChI is InChI=1S/C12H15N3OS/c1-7-3-13-4-9(7)12-14-11(15-16-12)10-6-17-5-8(10)2/h5-7,9,13H,3-4H2,1-2H3/t7-,9-/m1/s1. The first-order valence-corrected chi connectivity index (χ1v) is 6.77. The first-order chi connectivity index (χ1) is 8.25. The van der Waals surface area contributed by atoms with Gasteiger partial charge in [0.15, 0.2) is 0 Å². The smallest absolute Gasteiger partial charge is 0.231 e. The molecular formula is C12H15N3OS. The zero-order valence-electron chi connectivity index (χ0n) is 9.93. The molecule has 3 heterocycles. The lowest BCUT2D eigenvalue weighted by atomic mass is 9.98. The van der Waals surface area contributed by atoms with Crippen molar-refractivity contribution < 1.29 is 4.52 Å². The maximum atomic E-state index is 5.40. The third kappa shape index (κ3) is 1.89. The van der Waals surface area contributed by atoms with Gasteiger partial charge in [-0.25, -0.2) is 0 Å². The molecule has 2 atom stereocenters. The molecule has 1 N–H and O–H groups in total. The van der Waals surface area contributed by atoms with Crippen molar-refractivity contribution >= 4 is 11.3 Å².